The molecule has 1 aromatic rings. The van der Waals surface area contributed by atoms with Crippen molar-refractivity contribution in [1.29, 1.82) is 0 Å². The van der Waals surface area contributed by atoms with Gasteiger partial charge in [0.1, 0.15) is 0 Å². The average Bonchev–Trinajstić information content (AvgIpc) is 2.45. The van der Waals surface area contributed by atoms with Gasteiger partial charge in [-0.1, -0.05) is 6.07 Å². The summed E-state index contributed by atoms with van der Waals surface area (Å²) in [5.74, 6) is 0.537. The van der Waals surface area contributed by atoms with Crippen LogP contribution in [0.4, 0.5) is 0 Å². The van der Waals surface area contributed by atoms with Gasteiger partial charge < -0.3 is 20.3 Å². The van der Waals surface area contributed by atoms with Gasteiger partial charge in [0.15, 0.2) is 11.5 Å². The Morgan fingerprint density at radius 3 is 2.70 bits per heavy atom. The van der Waals surface area contributed by atoms with Gasteiger partial charge in [0.2, 0.25) is 0 Å². The third kappa shape index (κ3) is 7.90. The monoisotopic (exact) mass is 321 g/mol. The van der Waals surface area contributed by atoms with E-state index in [1.54, 1.807) is 24.4 Å². The molecule has 0 spiro atoms. The average molecular weight is 321 g/mol. The summed E-state index contributed by atoms with van der Waals surface area (Å²) in [6, 6.07) is 5.25. The zero-order valence-electron chi connectivity index (χ0n) is 11.2. The molecule has 111 valence electrons. The summed E-state index contributed by atoms with van der Waals surface area (Å²) < 4.78 is 21.9. The van der Waals surface area contributed by atoms with Crippen molar-refractivity contribution in [3.8, 4) is 11.5 Å². The number of phenols is 1. The Kier molecular flexibility index (Phi) is 11.7. The van der Waals surface area contributed by atoms with Crippen LogP contribution >= 0.6 is 0 Å². The van der Waals surface area contributed by atoms with Crippen molar-refractivity contribution in [2.45, 2.75) is 0 Å². The molecule has 0 fully saturated rings. The second-order valence-corrected chi connectivity index (χ2v) is 3.71. The van der Waals surface area contributed by atoms with Gasteiger partial charge in [-0.15, -0.1) is 0 Å². The van der Waals surface area contributed by atoms with Crippen molar-refractivity contribution in [2.24, 2.45) is 4.99 Å². The number of aliphatic imine (C=N–C) groups is 1. The number of para-hydroxylation sites is 1. The van der Waals surface area contributed by atoms with Gasteiger partial charge in [-0.2, -0.15) is 0 Å². The van der Waals surface area contributed by atoms with Gasteiger partial charge in [0.05, 0.1) is 20.3 Å². The van der Waals surface area contributed by atoms with Crippen molar-refractivity contribution in [2.75, 3.05) is 33.4 Å². The van der Waals surface area contributed by atoms with Crippen molar-refractivity contribution >= 4 is 6.21 Å². The number of benzene rings is 1. The summed E-state index contributed by atoms with van der Waals surface area (Å²) in [5.41, 5.74) is 0.631. The molecule has 0 radical (unpaired) electrons. The van der Waals surface area contributed by atoms with Crippen LogP contribution in [0.5, 0.6) is 11.5 Å². The summed E-state index contributed by atoms with van der Waals surface area (Å²) in [4.78, 5) is 4.16. The first-order valence-electron chi connectivity index (χ1n) is 5.83. The maximum atomic E-state index is 9.76. The predicted octanol–water partition coefficient (Wildman–Crippen LogP) is 0.161. The van der Waals surface area contributed by atoms with E-state index in [4.69, 9.17) is 17.2 Å². The Labute approximate surface area is 124 Å². The number of hydrogen-bond acceptors (Lipinski definition) is 7. The fourth-order valence-electron chi connectivity index (χ4n) is 1.32. The van der Waals surface area contributed by atoms with Crippen molar-refractivity contribution < 1.29 is 38.5 Å². The number of nitrogens with zero attached hydrogens (tertiary/aromatic N) is 1. The fourth-order valence-corrected chi connectivity index (χ4v) is 1.32. The first-order valence-corrected chi connectivity index (χ1v) is 6.97. The molecule has 7 nitrogen and oxygen atoms in total. The number of methoxy groups -OCH3 is 1. The van der Waals surface area contributed by atoms with Crippen LogP contribution in [0.1, 0.15) is 5.56 Å². The Morgan fingerprint density at radius 1 is 1.40 bits per heavy atom. The quantitative estimate of drug-likeness (QED) is 0.488. The second kappa shape index (κ2) is 12.6. The molecule has 0 amide bonds. The van der Waals surface area contributed by atoms with Gasteiger partial charge in [-0.3, -0.25) is 4.99 Å². The molecule has 1 rings (SSSR count). The Hall–Kier alpha value is -1.41. The third-order valence-corrected chi connectivity index (χ3v) is 2.19. The zero-order valence-corrected chi connectivity index (χ0v) is 12.5. The SMILES string of the molecule is COc1cccc(C=NCCNCCO)c1O.[O]=[V]=[O]. The Morgan fingerprint density at radius 2 is 2.10 bits per heavy atom. The van der Waals surface area contributed by atoms with Crippen LogP contribution in [-0.2, 0) is 23.5 Å². The summed E-state index contributed by atoms with van der Waals surface area (Å²) in [6.07, 6.45) is 1.61. The van der Waals surface area contributed by atoms with E-state index in [1.165, 1.54) is 7.11 Å². The number of aromatic hydroxyl groups is 1. The first-order chi connectivity index (χ1) is 9.71. The van der Waals surface area contributed by atoms with E-state index in [0.29, 0.717) is 30.9 Å². The van der Waals surface area contributed by atoms with E-state index in [9.17, 15) is 5.11 Å². The van der Waals surface area contributed by atoms with E-state index >= 15 is 0 Å². The summed E-state index contributed by atoms with van der Waals surface area (Å²) >= 11 is -1.81. The van der Waals surface area contributed by atoms with Crippen molar-refractivity contribution in [3.63, 3.8) is 0 Å². The molecule has 20 heavy (non-hydrogen) atoms. The molecule has 0 atom stereocenters. The molecule has 1 aromatic carbocycles. The molecule has 8 heteroatoms. The minimum atomic E-state index is -1.81. The van der Waals surface area contributed by atoms with E-state index in [1.807, 2.05) is 0 Å². The van der Waals surface area contributed by atoms with Crippen molar-refractivity contribution in [3.05, 3.63) is 23.8 Å². The molecule has 0 aliphatic heterocycles. The van der Waals surface area contributed by atoms with Gasteiger partial charge >= 0.3 is 23.5 Å². The second-order valence-electron chi connectivity index (χ2n) is 3.48. The summed E-state index contributed by atoms with van der Waals surface area (Å²) in [5, 5.41) is 21.3. The molecule has 0 aliphatic rings. The molecule has 0 aromatic heterocycles. The molecular formula is C12H18N2O5V. The molecule has 0 unspecified atom stereocenters. The number of hydrogen-bond donors (Lipinski definition) is 3. The van der Waals surface area contributed by atoms with Crippen LogP contribution in [0, 0.1) is 0 Å². The van der Waals surface area contributed by atoms with Crippen LogP contribution < -0.4 is 10.1 Å². The summed E-state index contributed by atoms with van der Waals surface area (Å²) in [7, 11) is 1.51. The molecule has 0 saturated carbocycles. The zero-order chi connectivity index (χ0) is 15.2. The third-order valence-electron chi connectivity index (χ3n) is 2.19. The van der Waals surface area contributed by atoms with E-state index in [2.05, 4.69) is 10.3 Å². The molecular weight excluding hydrogens is 303 g/mol. The van der Waals surface area contributed by atoms with Gasteiger partial charge in [-0.25, -0.2) is 0 Å². The van der Waals surface area contributed by atoms with Crippen LogP contribution in [0.25, 0.3) is 0 Å². The van der Waals surface area contributed by atoms with Crippen LogP contribution in [0.3, 0.4) is 0 Å². The van der Waals surface area contributed by atoms with Gasteiger partial charge in [0.25, 0.3) is 0 Å². The maximum absolute atomic E-state index is 9.76. The predicted molar refractivity (Wildman–Crippen MR) is 68.4 cm³/mol. The molecule has 0 bridgehead atoms. The Balaban J connectivity index is 0.00000110. The number of nitrogens with one attached hydrogen (secondary N) is 1. The van der Waals surface area contributed by atoms with Crippen LogP contribution in [0.15, 0.2) is 23.2 Å². The first kappa shape index (κ1) is 18.6. The summed E-state index contributed by atoms with van der Waals surface area (Å²) in [6.45, 7) is 1.98. The van der Waals surface area contributed by atoms with Crippen molar-refractivity contribution in [1.82, 2.24) is 5.32 Å². The Bertz CT molecular complexity index is 447. The number of rotatable bonds is 7. The number of aliphatic hydroxyl groups excluding tert-OH is 1. The number of aliphatic hydroxyl groups is 1. The topological polar surface area (TPSA) is 108 Å². The molecule has 3 N–H and O–H groups in total. The van der Waals surface area contributed by atoms with Crippen LogP contribution in [-0.4, -0.2) is 49.8 Å². The molecule has 0 heterocycles. The normalized spacial score (nSPS) is 9.70. The standard InChI is InChI=1S/C12H18N2O3.2O.V/c1-17-11-4-2-3-10(12(11)16)9-14-6-5-13-7-8-15;;;/h2-4,9,13,15-16H,5-8H2,1H3;;;. The van der Waals surface area contributed by atoms with E-state index < -0.39 is 16.2 Å². The van der Waals surface area contributed by atoms with Crippen LogP contribution in [0.2, 0.25) is 0 Å². The van der Waals surface area contributed by atoms with Gasteiger partial charge in [-0.05, 0) is 12.1 Å². The minimum absolute atomic E-state index is 0.0991. The van der Waals surface area contributed by atoms with E-state index in [-0.39, 0.29) is 12.4 Å². The number of ether oxygens (including phenoxy) is 1. The number of phenolic OH excluding ortho intramolecular Hbond substituents is 1. The molecule has 0 saturated heterocycles. The van der Waals surface area contributed by atoms with E-state index in [0.717, 1.165) is 0 Å². The fraction of sp³-hybridized carbons (Fsp3) is 0.417. The van der Waals surface area contributed by atoms with Gasteiger partial charge in [0, 0.05) is 24.9 Å². The molecule has 0 aliphatic carbocycles.